The molecule has 6 nitrogen and oxygen atoms in total. The average molecular weight is 224 g/mol. The molecule has 3 N–H and O–H groups in total. The van der Waals surface area contributed by atoms with Crippen molar-refractivity contribution in [2.75, 3.05) is 0 Å². The molecule has 15 heavy (non-hydrogen) atoms. The molecule has 0 fully saturated rings. The van der Waals surface area contributed by atoms with Crippen molar-refractivity contribution >= 4 is 11.9 Å². The van der Waals surface area contributed by atoms with Crippen LogP contribution in [-0.4, -0.2) is 32.3 Å². The summed E-state index contributed by atoms with van der Waals surface area (Å²) in [4.78, 5) is 20.8. The second-order valence-corrected chi connectivity index (χ2v) is 2.43. The van der Waals surface area contributed by atoms with Crippen LogP contribution in [0.4, 0.5) is 13.2 Å². The van der Waals surface area contributed by atoms with Crippen molar-refractivity contribution < 1.29 is 33.0 Å². The lowest BCUT2D eigenvalue weighted by Crippen LogP contribution is -2.14. The first-order valence-corrected chi connectivity index (χ1v) is 3.37. The van der Waals surface area contributed by atoms with Crippen molar-refractivity contribution in [2.45, 2.75) is 6.18 Å². The summed E-state index contributed by atoms with van der Waals surface area (Å²) in [6, 6.07) is 0. The van der Waals surface area contributed by atoms with Gasteiger partial charge in [0.15, 0.2) is 11.4 Å². The molecule has 0 aromatic carbocycles. The van der Waals surface area contributed by atoms with E-state index in [1.165, 1.54) is 5.10 Å². The molecular weight excluding hydrogens is 221 g/mol. The van der Waals surface area contributed by atoms with Gasteiger partial charge in [0, 0.05) is 0 Å². The van der Waals surface area contributed by atoms with Crippen LogP contribution in [0.2, 0.25) is 0 Å². The zero-order chi connectivity index (χ0) is 11.8. The molecular formula is C6H3F3N2O4. The monoisotopic (exact) mass is 224 g/mol. The molecule has 0 unspecified atom stereocenters. The van der Waals surface area contributed by atoms with Gasteiger partial charge in [0.2, 0.25) is 0 Å². The van der Waals surface area contributed by atoms with Gasteiger partial charge >= 0.3 is 18.1 Å². The Morgan fingerprint density at radius 3 is 2.07 bits per heavy atom. The van der Waals surface area contributed by atoms with Crippen LogP contribution in [0.3, 0.4) is 0 Å². The molecule has 0 aliphatic heterocycles. The summed E-state index contributed by atoms with van der Waals surface area (Å²) in [5, 5.41) is 20.9. The van der Waals surface area contributed by atoms with E-state index in [0.29, 0.717) is 0 Å². The van der Waals surface area contributed by atoms with E-state index in [2.05, 4.69) is 5.10 Å². The number of hydrogen-bond donors (Lipinski definition) is 3. The van der Waals surface area contributed by atoms with Crippen molar-refractivity contribution in [2.24, 2.45) is 0 Å². The van der Waals surface area contributed by atoms with E-state index in [9.17, 15) is 22.8 Å². The Balaban J connectivity index is 3.44. The molecule has 0 aliphatic rings. The van der Waals surface area contributed by atoms with Gasteiger partial charge in [-0.2, -0.15) is 18.3 Å². The Kier molecular flexibility index (Phi) is 2.39. The molecule has 0 saturated heterocycles. The molecule has 82 valence electrons. The summed E-state index contributed by atoms with van der Waals surface area (Å²) >= 11 is 0. The van der Waals surface area contributed by atoms with Gasteiger partial charge < -0.3 is 10.2 Å². The second-order valence-electron chi connectivity index (χ2n) is 2.43. The third-order valence-electron chi connectivity index (χ3n) is 1.47. The zero-order valence-electron chi connectivity index (χ0n) is 6.79. The van der Waals surface area contributed by atoms with Crippen LogP contribution < -0.4 is 0 Å². The summed E-state index contributed by atoms with van der Waals surface area (Å²) in [5.41, 5.74) is -4.25. The number of H-pyrrole nitrogens is 1. The number of halogens is 3. The molecule has 0 atom stereocenters. The van der Waals surface area contributed by atoms with Gasteiger partial charge in [-0.3, -0.25) is 5.10 Å². The third kappa shape index (κ3) is 1.90. The highest BCUT2D eigenvalue weighted by molar-refractivity contribution is 6.01. The van der Waals surface area contributed by atoms with Gasteiger partial charge in [-0.25, -0.2) is 9.59 Å². The topological polar surface area (TPSA) is 103 Å². The van der Waals surface area contributed by atoms with Crippen molar-refractivity contribution in [3.8, 4) is 0 Å². The fourth-order valence-electron chi connectivity index (χ4n) is 0.910. The van der Waals surface area contributed by atoms with Gasteiger partial charge in [0.25, 0.3) is 0 Å². The normalized spacial score (nSPS) is 11.4. The predicted octanol–water partition coefficient (Wildman–Crippen LogP) is 0.825. The van der Waals surface area contributed by atoms with E-state index >= 15 is 0 Å². The van der Waals surface area contributed by atoms with Crippen LogP contribution in [-0.2, 0) is 6.18 Å². The molecule has 9 heteroatoms. The van der Waals surface area contributed by atoms with E-state index < -0.39 is 35.1 Å². The molecule has 0 spiro atoms. The Bertz CT molecular complexity index is 423. The van der Waals surface area contributed by atoms with E-state index in [0.717, 1.165) is 0 Å². The number of carbonyl (C=O) groups is 2. The lowest BCUT2D eigenvalue weighted by atomic mass is 10.2. The second kappa shape index (κ2) is 3.26. The number of rotatable bonds is 2. The smallest absolute Gasteiger partial charge is 0.433 e. The number of carboxylic acid groups (broad SMARTS) is 2. The first kappa shape index (κ1) is 11.0. The van der Waals surface area contributed by atoms with E-state index in [1.807, 2.05) is 0 Å². The van der Waals surface area contributed by atoms with Crippen molar-refractivity contribution in [3.63, 3.8) is 0 Å². The van der Waals surface area contributed by atoms with Gasteiger partial charge in [0.1, 0.15) is 5.56 Å². The number of nitrogens with one attached hydrogen (secondary N) is 1. The van der Waals surface area contributed by atoms with Crippen LogP contribution in [0.15, 0.2) is 0 Å². The molecule has 1 rings (SSSR count). The number of aromatic amines is 1. The Morgan fingerprint density at radius 2 is 1.73 bits per heavy atom. The summed E-state index contributed by atoms with van der Waals surface area (Å²) in [7, 11) is 0. The van der Waals surface area contributed by atoms with Crippen molar-refractivity contribution in [3.05, 3.63) is 17.0 Å². The first-order valence-electron chi connectivity index (χ1n) is 3.37. The molecule has 0 bridgehead atoms. The fraction of sp³-hybridized carbons (Fsp3) is 0.167. The van der Waals surface area contributed by atoms with Crippen LogP contribution in [0.25, 0.3) is 0 Å². The minimum Gasteiger partial charge on any atom is -0.478 e. The maximum atomic E-state index is 12.2. The van der Waals surface area contributed by atoms with Crippen LogP contribution >= 0.6 is 0 Å². The molecule has 0 aliphatic carbocycles. The summed E-state index contributed by atoms with van der Waals surface area (Å²) in [6.45, 7) is 0. The first-order chi connectivity index (χ1) is 6.75. The standard InChI is InChI=1S/C6H3F3N2O4/c7-6(8,9)3-1(4(12)13)2(5(14)15)10-11-3/h(H,10,11)(H,12,13)(H,14,15). The maximum Gasteiger partial charge on any atom is 0.433 e. The number of aromatic nitrogens is 2. The molecule has 1 heterocycles. The molecule has 0 amide bonds. The van der Waals surface area contributed by atoms with Gasteiger partial charge in [0.05, 0.1) is 0 Å². The van der Waals surface area contributed by atoms with Crippen LogP contribution in [0.5, 0.6) is 0 Å². The van der Waals surface area contributed by atoms with E-state index in [4.69, 9.17) is 10.2 Å². The summed E-state index contributed by atoms with van der Waals surface area (Å²) in [6.07, 6.45) is -4.99. The predicted molar refractivity (Wildman–Crippen MR) is 37.5 cm³/mol. The average Bonchev–Trinajstić information content (AvgIpc) is 2.45. The highest BCUT2D eigenvalue weighted by Gasteiger charge is 2.41. The fourth-order valence-corrected chi connectivity index (χ4v) is 0.910. The summed E-state index contributed by atoms with van der Waals surface area (Å²) in [5.74, 6) is -3.85. The number of nitrogens with zero attached hydrogens (tertiary/aromatic N) is 1. The molecule has 0 radical (unpaired) electrons. The lowest BCUT2D eigenvalue weighted by molar-refractivity contribution is -0.141. The van der Waals surface area contributed by atoms with Crippen molar-refractivity contribution in [1.29, 1.82) is 0 Å². The third-order valence-corrected chi connectivity index (χ3v) is 1.47. The van der Waals surface area contributed by atoms with Gasteiger partial charge in [-0.05, 0) is 0 Å². The minimum atomic E-state index is -4.99. The Morgan fingerprint density at radius 1 is 1.20 bits per heavy atom. The van der Waals surface area contributed by atoms with Crippen LogP contribution in [0, 0.1) is 0 Å². The van der Waals surface area contributed by atoms with E-state index in [-0.39, 0.29) is 0 Å². The van der Waals surface area contributed by atoms with Gasteiger partial charge in [-0.15, -0.1) is 0 Å². The van der Waals surface area contributed by atoms with Gasteiger partial charge in [-0.1, -0.05) is 0 Å². The van der Waals surface area contributed by atoms with Crippen LogP contribution in [0.1, 0.15) is 26.5 Å². The molecule has 1 aromatic heterocycles. The quantitative estimate of drug-likeness (QED) is 0.690. The summed E-state index contributed by atoms with van der Waals surface area (Å²) < 4.78 is 36.5. The number of carboxylic acids is 2. The van der Waals surface area contributed by atoms with E-state index in [1.54, 1.807) is 0 Å². The number of alkyl halides is 3. The van der Waals surface area contributed by atoms with Crippen molar-refractivity contribution in [1.82, 2.24) is 10.2 Å². The maximum absolute atomic E-state index is 12.2. The SMILES string of the molecule is O=C(O)c1n[nH]c(C(F)(F)F)c1C(=O)O. The number of hydrogen-bond acceptors (Lipinski definition) is 3. The lowest BCUT2D eigenvalue weighted by Gasteiger charge is -2.03. The molecule has 1 aromatic rings. The molecule has 0 saturated carbocycles. The number of aromatic carboxylic acids is 2. The highest BCUT2D eigenvalue weighted by Crippen LogP contribution is 2.31. The Hall–Kier alpha value is -2.06. The Labute approximate surface area is 79.3 Å². The zero-order valence-corrected chi connectivity index (χ0v) is 6.79. The minimum absolute atomic E-state index is 1.17. The largest absolute Gasteiger partial charge is 0.478 e. The highest BCUT2D eigenvalue weighted by atomic mass is 19.4.